The van der Waals surface area contributed by atoms with Crippen molar-refractivity contribution >= 4 is 25.6 Å². The van der Waals surface area contributed by atoms with Gasteiger partial charge in [-0.15, -0.1) is 0 Å². The van der Waals surface area contributed by atoms with Crippen molar-refractivity contribution in [2.45, 2.75) is 31.3 Å². The molecule has 1 heterocycles. The third kappa shape index (κ3) is 3.71. The molecule has 0 bridgehead atoms. The van der Waals surface area contributed by atoms with Gasteiger partial charge in [0.05, 0.1) is 0 Å². The zero-order chi connectivity index (χ0) is 13.9. The maximum absolute atomic E-state index is 11.6. The first-order valence-electron chi connectivity index (χ1n) is 5.46. The van der Waals surface area contributed by atoms with Crippen LogP contribution in [0.15, 0.2) is 11.2 Å². The number of carbonyl (C=O) groups excluding carboxylic acids is 1. The molecule has 0 fully saturated rings. The Morgan fingerprint density at radius 2 is 2.11 bits per heavy atom. The third-order valence-electron chi connectivity index (χ3n) is 2.36. The molecule has 0 N–H and O–H groups in total. The van der Waals surface area contributed by atoms with Crippen LogP contribution in [0.3, 0.4) is 0 Å². The summed E-state index contributed by atoms with van der Waals surface area (Å²) < 4.78 is 24.0. The minimum atomic E-state index is -3.86. The molecule has 1 aromatic rings. The van der Waals surface area contributed by atoms with Crippen LogP contribution in [0.5, 0.6) is 0 Å². The Balaban J connectivity index is 3.09. The van der Waals surface area contributed by atoms with Gasteiger partial charge in [-0.25, -0.2) is 13.4 Å². The predicted octanol–water partition coefficient (Wildman–Crippen LogP) is 0.851. The molecule has 8 heteroatoms. The van der Waals surface area contributed by atoms with Crippen molar-refractivity contribution in [1.82, 2.24) is 14.5 Å². The van der Waals surface area contributed by atoms with E-state index in [-0.39, 0.29) is 17.5 Å². The molecule has 6 nitrogen and oxygen atoms in total. The zero-order valence-electron chi connectivity index (χ0n) is 10.6. The first-order valence-corrected chi connectivity index (χ1v) is 7.77. The monoisotopic (exact) mass is 293 g/mol. The number of nitrogens with zero attached hydrogens (tertiary/aromatic N) is 3. The molecule has 0 aliphatic rings. The maximum Gasteiger partial charge on any atom is 0.280 e. The van der Waals surface area contributed by atoms with Gasteiger partial charge in [-0.3, -0.25) is 4.79 Å². The van der Waals surface area contributed by atoms with E-state index in [0.717, 1.165) is 6.42 Å². The van der Waals surface area contributed by atoms with Crippen LogP contribution in [0.2, 0.25) is 0 Å². The van der Waals surface area contributed by atoms with Crippen molar-refractivity contribution in [3.8, 4) is 0 Å². The molecule has 0 unspecified atom stereocenters. The van der Waals surface area contributed by atoms with Crippen LogP contribution in [-0.2, 0) is 26.8 Å². The number of rotatable bonds is 5. The van der Waals surface area contributed by atoms with E-state index in [1.807, 2.05) is 6.92 Å². The number of amides is 1. The van der Waals surface area contributed by atoms with Crippen molar-refractivity contribution in [3.05, 3.63) is 12.0 Å². The molecule has 0 aliphatic heterocycles. The first-order chi connectivity index (χ1) is 8.25. The number of aromatic nitrogens is 2. The molecule has 0 saturated carbocycles. The van der Waals surface area contributed by atoms with Crippen LogP contribution in [0.25, 0.3) is 0 Å². The first kappa shape index (κ1) is 15.0. The molecule has 0 atom stereocenters. The normalized spacial score (nSPS) is 11.6. The second kappa shape index (κ2) is 5.71. The van der Waals surface area contributed by atoms with Crippen molar-refractivity contribution in [2.75, 3.05) is 14.1 Å². The lowest BCUT2D eigenvalue weighted by atomic mass is 10.3. The molecule has 0 radical (unpaired) electrons. The molecule has 1 aromatic heterocycles. The number of hydrogen-bond donors (Lipinski definition) is 0. The molecular weight excluding hydrogens is 278 g/mol. The second-order valence-electron chi connectivity index (χ2n) is 4.10. The fourth-order valence-electron chi connectivity index (χ4n) is 1.39. The van der Waals surface area contributed by atoms with E-state index in [1.54, 1.807) is 14.1 Å². The topological polar surface area (TPSA) is 72.3 Å². The lowest BCUT2D eigenvalue weighted by Crippen LogP contribution is -2.26. The summed E-state index contributed by atoms with van der Waals surface area (Å²) in [6, 6.07) is 0. The Labute approximate surface area is 111 Å². The molecule has 0 aromatic carbocycles. The largest absolute Gasteiger partial charge is 0.347 e. The molecular formula is C10H16ClN3O3S. The molecule has 0 aliphatic carbocycles. The fraction of sp³-hybridized carbons (Fsp3) is 0.600. The SMILES string of the molecule is CCCc1nc(S(=O)(=O)Cl)cn1CC(=O)N(C)C. The Kier molecular flexibility index (Phi) is 4.75. The van der Waals surface area contributed by atoms with Crippen LogP contribution in [0.1, 0.15) is 19.2 Å². The summed E-state index contributed by atoms with van der Waals surface area (Å²) in [4.78, 5) is 17.0. The highest BCUT2D eigenvalue weighted by molar-refractivity contribution is 8.13. The third-order valence-corrected chi connectivity index (χ3v) is 3.54. The van der Waals surface area contributed by atoms with Gasteiger partial charge in [0, 0.05) is 37.4 Å². The lowest BCUT2D eigenvalue weighted by molar-refractivity contribution is -0.129. The van der Waals surface area contributed by atoms with Crippen molar-refractivity contribution in [3.63, 3.8) is 0 Å². The fourth-order valence-corrected chi connectivity index (χ4v) is 2.08. The maximum atomic E-state index is 11.6. The Hall–Kier alpha value is -1.08. The molecule has 1 rings (SSSR count). The quantitative estimate of drug-likeness (QED) is 0.755. The van der Waals surface area contributed by atoms with Gasteiger partial charge in [0.2, 0.25) is 5.91 Å². The highest BCUT2D eigenvalue weighted by Gasteiger charge is 2.19. The van der Waals surface area contributed by atoms with E-state index < -0.39 is 9.05 Å². The van der Waals surface area contributed by atoms with Crippen molar-refractivity contribution < 1.29 is 13.2 Å². The van der Waals surface area contributed by atoms with Gasteiger partial charge in [0.1, 0.15) is 12.4 Å². The van der Waals surface area contributed by atoms with E-state index in [0.29, 0.717) is 12.2 Å². The summed E-state index contributed by atoms with van der Waals surface area (Å²) in [5, 5.41) is -0.209. The van der Waals surface area contributed by atoms with E-state index in [4.69, 9.17) is 10.7 Å². The van der Waals surface area contributed by atoms with Crippen LogP contribution in [0.4, 0.5) is 0 Å². The number of aryl methyl sites for hydroxylation is 1. The number of hydrogen-bond acceptors (Lipinski definition) is 4. The van der Waals surface area contributed by atoms with E-state index >= 15 is 0 Å². The van der Waals surface area contributed by atoms with Gasteiger partial charge in [-0.1, -0.05) is 6.92 Å². The zero-order valence-corrected chi connectivity index (χ0v) is 12.1. The van der Waals surface area contributed by atoms with Gasteiger partial charge in [0.25, 0.3) is 9.05 Å². The second-order valence-corrected chi connectivity index (χ2v) is 6.61. The van der Waals surface area contributed by atoms with E-state index in [2.05, 4.69) is 4.98 Å². The van der Waals surface area contributed by atoms with Gasteiger partial charge in [-0.05, 0) is 6.42 Å². The molecule has 0 saturated heterocycles. The van der Waals surface area contributed by atoms with Gasteiger partial charge >= 0.3 is 0 Å². The van der Waals surface area contributed by atoms with Crippen LogP contribution in [-0.4, -0.2) is 42.9 Å². The predicted molar refractivity (Wildman–Crippen MR) is 68.0 cm³/mol. The summed E-state index contributed by atoms with van der Waals surface area (Å²) in [5.74, 6) is 0.412. The van der Waals surface area contributed by atoms with Crippen molar-refractivity contribution in [1.29, 1.82) is 0 Å². The molecule has 1 amide bonds. The average Bonchev–Trinajstić information content (AvgIpc) is 2.61. The molecule has 102 valence electrons. The summed E-state index contributed by atoms with van der Waals surface area (Å²) >= 11 is 0. The Morgan fingerprint density at radius 3 is 2.56 bits per heavy atom. The Bertz CT molecular complexity index is 537. The van der Waals surface area contributed by atoms with Gasteiger partial charge < -0.3 is 9.47 Å². The number of halogens is 1. The smallest absolute Gasteiger partial charge is 0.280 e. The highest BCUT2D eigenvalue weighted by Crippen LogP contribution is 2.15. The molecule has 18 heavy (non-hydrogen) atoms. The minimum Gasteiger partial charge on any atom is -0.347 e. The van der Waals surface area contributed by atoms with E-state index in [9.17, 15) is 13.2 Å². The van der Waals surface area contributed by atoms with E-state index in [1.165, 1.54) is 15.7 Å². The van der Waals surface area contributed by atoms with Crippen LogP contribution in [0, 0.1) is 0 Å². The van der Waals surface area contributed by atoms with Crippen LogP contribution >= 0.6 is 10.7 Å². The summed E-state index contributed by atoms with van der Waals surface area (Å²) in [6.07, 6.45) is 2.69. The van der Waals surface area contributed by atoms with Crippen molar-refractivity contribution in [2.24, 2.45) is 0 Å². The number of imidazole rings is 1. The standard InChI is InChI=1S/C10H16ClN3O3S/c1-4-5-8-12-9(18(11,16)17)6-14(8)7-10(15)13(2)3/h6H,4-5,7H2,1-3H3. The molecule has 0 spiro atoms. The van der Waals surface area contributed by atoms with Gasteiger partial charge in [-0.2, -0.15) is 0 Å². The summed E-state index contributed by atoms with van der Waals surface area (Å²) in [7, 11) is 4.65. The van der Waals surface area contributed by atoms with Crippen LogP contribution < -0.4 is 0 Å². The highest BCUT2D eigenvalue weighted by atomic mass is 35.7. The number of likely N-dealkylation sites (N-methyl/N-ethyl adjacent to an activating group) is 1. The Morgan fingerprint density at radius 1 is 1.50 bits per heavy atom. The lowest BCUT2D eigenvalue weighted by Gasteiger charge is -2.12. The minimum absolute atomic E-state index is 0.0573. The number of carbonyl (C=O) groups is 1. The summed E-state index contributed by atoms with van der Waals surface area (Å²) in [5.41, 5.74) is 0. The van der Waals surface area contributed by atoms with Gasteiger partial charge in [0.15, 0.2) is 5.03 Å². The average molecular weight is 294 g/mol. The summed E-state index contributed by atoms with van der Waals surface area (Å²) in [6.45, 7) is 2.00.